The van der Waals surface area contributed by atoms with Crippen molar-refractivity contribution >= 4 is 39.2 Å². The molecule has 1 aliphatic rings. The number of H-pyrrole nitrogens is 1. The summed E-state index contributed by atoms with van der Waals surface area (Å²) in [4.78, 5) is 3.08. The molecular formula is C12H12BrFN2S. The number of nitrogens with zero attached hydrogens (tertiary/aromatic N) is 1. The molecule has 0 unspecified atom stereocenters. The molecule has 1 aromatic heterocycles. The Morgan fingerprint density at radius 3 is 2.82 bits per heavy atom. The molecule has 0 atom stereocenters. The van der Waals surface area contributed by atoms with Crippen LogP contribution in [-0.4, -0.2) is 9.55 Å². The predicted molar refractivity (Wildman–Crippen MR) is 72.2 cm³/mol. The first-order valence-corrected chi connectivity index (χ1v) is 6.85. The van der Waals surface area contributed by atoms with Gasteiger partial charge in [-0.05, 0) is 53.0 Å². The van der Waals surface area contributed by atoms with Gasteiger partial charge in [-0.25, -0.2) is 4.39 Å². The summed E-state index contributed by atoms with van der Waals surface area (Å²) < 4.78 is 16.7. The number of hydrogen-bond acceptors (Lipinski definition) is 1. The zero-order chi connectivity index (χ0) is 12.2. The van der Waals surface area contributed by atoms with Crippen LogP contribution in [0.25, 0.3) is 11.0 Å². The number of nitrogens with one attached hydrogen (secondary N) is 1. The molecule has 1 N–H and O–H groups in total. The largest absolute Gasteiger partial charge is 0.330 e. The van der Waals surface area contributed by atoms with Gasteiger partial charge < -0.3 is 9.55 Å². The Balaban J connectivity index is 2.20. The molecule has 1 fully saturated rings. The van der Waals surface area contributed by atoms with Crippen LogP contribution in [0, 0.1) is 16.5 Å². The number of aromatic amines is 1. The lowest BCUT2D eigenvalue weighted by molar-refractivity contribution is 0.219. The summed E-state index contributed by atoms with van der Waals surface area (Å²) in [6, 6.07) is 3.76. The van der Waals surface area contributed by atoms with E-state index >= 15 is 0 Å². The first-order chi connectivity index (χ1) is 8.06. The van der Waals surface area contributed by atoms with Gasteiger partial charge in [0.1, 0.15) is 5.82 Å². The van der Waals surface area contributed by atoms with Crippen LogP contribution in [0.1, 0.15) is 25.8 Å². The monoisotopic (exact) mass is 314 g/mol. The molecule has 2 aromatic rings. The van der Waals surface area contributed by atoms with Crippen LogP contribution >= 0.6 is 28.1 Å². The Hall–Kier alpha value is -0.680. The predicted octanol–water partition coefficient (Wildman–Crippen LogP) is 4.57. The zero-order valence-corrected chi connectivity index (χ0v) is 11.7. The Kier molecular flexibility index (Phi) is 2.63. The van der Waals surface area contributed by atoms with Gasteiger partial charge in [-0.1, -0.05) is 6.92 Å². The second-order valence-corrected chi connectivity index (χ2v) is 6.06. The van der Waals surface area contributed by atoms with Gasteiger partial charge in [0, 0.05) is 12.1 Å². The molecule has 0 radical (unpaired) electrons. The zero-order valence-electron chi connectivity index (χ0n) is 9.34. The molecule has 1 saturated carbocycles. The minimum atomic E-state index is -0.261. The molecule has 1 aliphatic carbocycles. The number of aromatic nitrogens is 2. The van der Waals surface area contributed by atoms with E-state index in [9.17, 15) is 4.39 Å². The van der Waals surface area contributed by atoms with E-state index in [2.05, 4.69) is 32.4 Å². The Bertz CT molecular complexity index is 640. The van der Waals surface area contributed by atoms with Crippen molar-refractivity contribution in [1.82, 2.24) is 9.55 Å². The van der Waals surface area contributed by atoms with Crippen molar-refractivity contribution in [2.75, 3.05) is 0 Å². The molecule has 1 heterocycles. The van der Waals surface area contributed by atoms with Gasteiger partial charge in [0.25, 0.3) is 0 Å². The van der Waals surface area contributed by atoms with Crippen LogP contribution < -0.4 is 0 Å². The maximum absolute atomic E-state index is 13.4. The van der Waals surface area contributed by atoms with E-state index in [1.807, 2.05) is 0 Å². The molecule has 0 saturated heterocycles. The van der Waals surface area contributed by atoms with Gasteiger partial charge in [-0.3, -0.25) is 0 Å². The minimum Gasteiger partial charge on any atom is -0.330 e. The van der Waals surface area contributed by atoms with Gasteiger partial charge in [0.05, 0.1) is 15.5 Å². The van der Waals surface area contributed by atoms with E-state index < -0.39 is 0 Å². The average molecular weight is 315 g/mol. The van der Waals surface area contributed by atoms with Crippen molar-refractivity contribution in [2.24, 2.45) is 5.92 Å². The maximum atomic E-state index is 13.4. The molecule has 17 heavy (non-hydrogen) atoms. The molecule has 90 valence electrons. The molecule has 0 aliphatic heterocycles. The summed E-state index contributed by atoms with van der Waals surface area (Å²) in [6.07, 6.45) is 2.30. The van der Waals surface area contributed by atoms with E-state index in [-0.39, 0.29) is 5.82 Å². The highest BCUT2D eigenvalue weighted by Gasteiger charge is 2.28. The fourth-order valence-electron chi connectivity index (χ4n) is 2.55. The number of halogens is 2. The van der Waals surface area contributed by atoms with Crippen LogP contribution in [0.15, 0.2) is 16.6 Å². The lowest BCUT2D eigenvalue weighted by Crippen LogP contribution is -2.24. The highest BCUT2D eigenvalue weighted by molar-refractivity contribution is 9.10. The van der Waals surface area contributed by atoms with Crippen molar-refractivity contribution in [3.05, 3.63) is 27.2 Å². The molecule has 0 amide bonds. The maximum Gasteiger partial charge on any atom is 0.178 e. The summed E-state index contributed by atoms with van der Waals surface area (Å²) in [5.74, 6) is 0.499. The molecule has 1 aromatic carbocycles. The lowest BCUT2D eigenvalue weighted by Gasteiger charge is -2.34. The Labute approximate surface area is 112 Å². The molecule has 5 heteroatoms. The van der Waals surface area contributed by atoms with Crippen LogP contribution in [-0.2, 0) is 0 Å². The first kappa shape index (κ1) is 11.4. The smallest absolute Gasteiger partial charge is 0.178 e. The van der Waals surface area contributed by atoms with Gasteiger partial charge in [0.15, 0.2) is 4.77 Å². The summed E-state index contributed by atoms with van der Waals surface area (Å²) in [7, 11) is 0. The van der Waals surface area contributed by atoms with Crippen molar-refractivity contribution in [3.8, 4) is 0 Å². The van der Waals surface area contributed by atoms with Gasteiger partial charge in [-0.2, -0.15) is 0 Å². The first-order valence-electron chi connectivity index (χ1n) is 5.65. The van der Waals surface area contributed by atoms with E-state index in [1.165, 1.54) is 6.07 Å². The normalized spacial score (nSPS) is 23.9. The van der Waals surface area contributed by atoms with E-state index in [1.54, 1.807) is 6.07 Å². The highest BCUT2D eigenvalue weighted by atomic mass is 79.9. The van der Waals surface area contributed by atoms with E-state index in [4.69, 9.17) is 12.2 Å². The quantitative estimate of drug-likeness (QED) is 0.765. The van der Waals surface area contributed by atoms with E-state index in [0.29, 0.717) is 15.3 Å². The molecular weight excluding hydrogens is 303 g/mol. The van der Waals surface area contributed by atoms with Crippen molar-refractivity contribution in [3.63, 3.8) is 0 Å². The number of imidazole rings is 1. The Morgan fingerprint density at radius 2 is 2.18 bits per heavy atom. The second-order valence-electron chi connectivity index (χ2n) is 4.81. The highest BCUT2D eigenvalue weighted by Crippen LogP contribution is 2.39. The summed E-state index contributed by atoms with van der Waals surface area (Å²) in [5.41, 5.74) is 1.76. The second kappa shape index (κ2) is 3.92. The summed E-state index contributed by atoms with van der Waals surface area (Å²) >= 11 is 8.55. The van der Waals surface area contributed by atoms with Crippen molar-refractivity contribution in [1.29, 1.82) is 0 Å². The standard InChI is InChI=1S/C12H12BrFN2S/c1-6-2-7(3-6)16-11-4-8(13)9(14)5-10(11)15-12(16)17/h4-7H,2-3H2,1H3,(H,15,17). The fraction of sp³-hybridized carbons (Fsp3) is 0.417. The topological polar surface area (TPSA) is 20.7 Å². The third kappa shape index (κ3) is 1.76. The number of benzene rings is 1. The minimum absolute atomic E-state index is 0.261. The van der Waals surface area contributed by atoms with Gasteiger partial charge in [-0.15, -0.1) is 0 Å². The average Bonchev–Trinajstić information content (AvgIpc) is 2.51. The third-order valence-corrected chi connectivity index (χ3v) is 4.38. The fourth-order valence-corrected chi connectivity index (χ4v) is 3.24. The van der Waals surface area contributed by atoms with Crippen LogP contribution in [0.2, 0.25) is 0 Å². The Morgan fingerprint density at radius 1 is 1.47 bits per heavy atom. The number of hydrogen-bond donors (Lipinski definition) is 1. The summed E-state index contributed by atoms with van der Waals surface area (Å²) in [5, 5.41) is 0. The SMILES string of the molecule is CC1CC(n2c(=S)[nH]c3cc(F)c(Br)cc32)C1. The third-order valence-electron chi connectivity index (χ3n) is 3.47. The van der Waals surface area contributed by atoms with Crippen molar-refractivity contribution < 1.29 is 4.39 Å². The summed E-state index contributed by atoms with van der Waals surface area (Å²) in [6.45, 7) is 2.24. The van der Waals surface area contributed by atoms with Gasteiger partial charge in [0.2, 0.25) is 0 Å². The molecule has 0 bridgehead atoms. The molecule has 0 spiro atoms. The van der Waals surface area contributed by atoms with E-state index in [0.717, 1.165) is 29.8 Å². The van der Waals surface area contributed by atoms with Crippen LogP contribution in [0.3, 0.4) is 0 Å². The lowest BCUT2D eigenvalue weighted by atomic mass is 9.81. The molecule has 2 nitrogen and oxygen atoms in total. The molecule has 3 rings (SSSR count). The van der Waals surface area contributed by atoms with Crippen LogP contribution in [0.4, 0.5) is 4.39 Å². The number of fused-ring (bicyclic) bond motifs is 1. The van der Waals surface area contributed by atoms with Crippen molar-refractivity contribution in [2.45, 2.75) is 25.8 Å². The van der Waals surface area contributed by atoms with Crippen LogP contribution in [0.5, 0.6) is 0 Å². The number of rotatable bonds is 1. The van der Waals surface area contributed by atoms with Gasteiger partial charge >= 0.3 is 0 Å².